The molecule has 0 bridgehead atoms. The Morgan fingerprint density at radius 1 is 1.44 bits per heavy atom. The average Bonchev–Trinajstić information content (AvgIpc) is 2.35. The Morgan fingerprint density at radius 2 is 2.17 bits per heavy atom. The van der Waals surface area contributed by atoms with E-state index in [1.807, 2.05) is 6.92 Å². The summed E-state index contributed by atoms with van der Waals surface area (Å²) in [5.74, 6) is 0. The third-order valence-electron chi connectivity index (χ3n) is 2.64. The normalized spacial score (nSPS) is 13.3. The highest BCUT2D eigenvalue weighted by molar-refractivity contribution is 7.89. The quantitative estimate of drug-likeness (QED) is 0.795. The lowest BCUT2D eigenvalue weighted by Gasteiger charge is -2.15. The molecule has 0 aliphatic carbocycles. The second-order valence-corrected chi connectivity index (χ2v) is 5.90. The van der Waals surface area contributed by atoms with Gasteiger partial charge in [0, 0.05) is 19.3 Å². The minimum atomic E-state index is -3.56. The molecule has 0 aliphatic heterocycles. The van der Waals surface area contributed by atoms with Gasteiger partial charge < -0.3 is 5.32 Å². The van der Waals surface area contributed by atoms with E-state index >= 15 is 0 Å². The van der Waals surface area contributed by atoms with Crippen molar-refractivity contribution >= 4 is 15.7 Å². The minimum absolute atomic E-state index is 0.0517. The summed E-state index contributed by atoms with van der Waals surface area (Å²) in [6.45, 7) is 3.95. The van der Waals surface area contributed by atoms with Gasteiger partial charge in [0.1, 0.15) is 0 Å². The van der Waals surface area contributed by atoms with Crippen molar-refractivity contribution in [2.45, 2.75) is 44.2 Å². The molecule has 0 aliphatic rings. The van der Waals surface area contributed by atoms with E-state index in [1.54, 1.807) is 19.2 Å². The van der Waals surface area contributed by atoms with Gasteiger partial charge in [0.2, 0.25) is 0 Å². The largest absolute Gasteiger partial charge is 0.386 e. The molecule has 102 valence electrons. The number of hydrogen-bond acceptors (Lipinski definition) is 4. The molecule has 1 aromatic rings. The molecule has 2 N–H and O–H groups in total. The summed E-state index contributed by atoms with van der Waals surface area (Å²) in [5, 5.41) is 2.89. The highest BCUT2D eigenvalue weighted by Gasteiger charge is 2.21. The molecule has 1 rings (SSSR count). The van der Waals surface area contributed by atoms with Crippen LogP contribution in [0, 0.1) is 0 Å². The maximum Gasteiger partial charge on any atom is 0.260 e. The van der Waals surface area contributed by atoms with Crippen molar-refractivity contribution in [2.75, 3.05) is 12.4 Å². The number of nitrogens with one attached hydrogen (secondary N) is 2. The van der Waals surface area contributed by atoms with Crippen LogP contribution in [0.2, 0.25) is 0 Å². The van der Waals surface area contributed by atoms with Crippen LogP contribution in [0.5, 0.6) is 0 Å². The molecule has 5 nitrogen and oxygen atoms in total. The number of anilines is 1. The summed E-state index contributed by atoms with van der Waals surface area (Å²) in [5.41, 5.74) is 0.507. The first-order valence-corrected chi connectivity index (χ1v) is 7.64. The van der Waals surface area contributed by atoms with Crippen molar-refractivity contribution in [3.63, 3.8) is 0 Å². The topological polar surface area (TPSA) is 71.1 Å². The maximum absolute atomic E-state index is 12.2. The highest BCUT2D eigenvalue weighted by Crippen LogP contribution is 2.17. The summed E-state index contributed by atoms with van der Waals surface area (Å²) in [6, 6.07) is 3.31. The maximum atomic E-state index is 12.2. The molecule has 0 amide bonds. The number of rotatable bonds is 7. The molecular weight excluding hydrogens is 250 g/mol. The zero-order valence-electron chi connectivity index (χ0n) is 11.1. The van der Waals surface area contributed by atoms with Crippen molar-refractivity contribution < 1.29 is 8.42 Å². The van der Waals surface area contributed by atoms with Gasteiger partial charge >= 0.3 is 0 Å². The third kappa shape index (κ3) is 3.96. The van der Waals surface area contributed by atoms with Crippen LogP contribution < -0.4 is 10.0 Å². The molecule has 6 heteroatoms. The van der Waals surface area contributed by atoms with Crippen LogP contribution in [0.4, 0.5) is 5.69 Å². The fourth-order valence-electron chi connectivity index (χ4n) is 1.69. The van der Waals surface area contributed by atoms with Crippen molar-refractivity contribution in [1.82, 2.24) is 9.71 Å². The first-order chi connectivity index (χ1) is 8.51. The second kappa shape index (κ2) is 6.70. The van der Waals surface area contributed by atoms with Crippen LogP contribution in [0.15, 0.2) is 23.4 Å². The van der Waals surface area contributed by atoms with Crippen molar-refractivity contribution in [2.24, 2.45) is 0 Å². The molecule has 18 heavy (non-hydrogen) atoms. The van der Waals surface area contributed by atoms with E-state index in [9.17, 15) is 8.42 Å². The van der Waals surface area contributed by atoms with Gasteiger partial charge in [0.05, 0.1) is 5.69 Å². The average molecular weight is 271 g/mol. The molecule has 1 atom stereocenters. The Balaban J connectivity index is 2.86. The predicted octanol–water partition coefficient (Wildman–Crippen LogP) is 1.98. The lowest BCUT2D eigenvalue weighted by molar-refractivity contribution is 0.532. The molecule has 0 saturated heterocycles. The predicted molar refractivity (Wildman–Crippen MR) is 73.1 cm³/mol. The lowest BCUT2D eigenvalue weighted by Crippen LogP contribution is -2.33. The molecule has 1 heterocycles. The van der Waals surface area contributed by atoms with Gasteiger partial charge in [-0.25, -0.2) is 18.1 Å². The molecule has 0 radical (unpaired) electrons. The Labute approximate surface area is 109 Å². The number of nitrogens with zero attached hydrogens (tertiary/aromatic N) is 1. The van der Waals surface area contributed by atoms with Crippen LogP contribution in [0.25, 0.3) is 0 Å². The lowest BCUT2D eigenvalue weighted by atomic mass is 10.2. The van der Waals surface area contributed by atoms with Crippen LogP contribution in [0.1, 0.15) is 33.1 Å². The van der Waals surface area contributed by atoms with Gasteiger partial charge in [-0.2, -0.15) is 0 Å². The number of sulfonamides is 1. The molecule has 0 aromatic carbocycles. The van der Waals surface area contributed by atoms with E-state index in [4.69, 9.17) is 0 Å². The fraction of sp³-hybridized carbons (Fsp3) is 0.583. The number of aromatic nitrogens is 1. The second-order valence-electron chi connectivity index (χ2n) is 4.27. The van der Waals surface area contributed by atoms with E-state index in [-0.39, 0.29) is 11.1 Å². The highest BCUT2D eigenvalue weighted by atomic mass is 32.2. The minimum Gasteiger partial charge on any atom is -0.386 e. The molecular formula is C12H21N3O2S. The van der Waals surface area contributed by atoms with Crippen LogP contribution in [-0.4, -0.2) is 26.5 Å². The molecule has 1 aromatic heterocycles. The smallest absolute Gasteiger partial charge is 0.260 e. The summed E-state index contributed by atoms with van der Waals surface area (Å²) in [7, 11) is -1.88. The number of hydrogen-bond donors (Lipinski definition) is 2. The van der Waals surface area contributed by atoms with E-state index in [2.05, 4.69) is 21.9 Å². The summed E-state index contributed by atoms with van der Waals surface area (Å²) >= 11 is 0. The van der Waals surface area contributed by atoms with Gasteiger partial charge in [-0.15, -0.1) is 0 Å². The Bertz CT molecular complexity index is 474. The first-order valence-electron chi connectivity index (χ1n) is 6.16. The van der Waals surface area contributed by atoms with Crippen molar-refractivity contribution in [1.29, 1.82) is 0 Å². The van der Waals surface area contributed by atoms with E-state index < -0.39 is 10.0 Å². The Hall–Kier alpha value is -1.14. The molecule has 0 spiro atoms. The molecule has 1 unspecified atom stereocenters. The van der Waals surface area contributed by atoms with Crippen LogP contribution >= 0.6 is 0 Å². The fourth-order valence-corrected chi connectivity index (χ4v) is 3.10. The van der Waals surface area contributed by atoms with E-state index in [0.29, 0.717) is 5.69 Å². The Kier molecular flexibility index (Phi) is 5.55. The SMILES string of the molecule is CCCCC(C)NS(=O)(=O)c1ncccc1NC. The summed E-state index contributed by atoms with van der Waals surface area (Å²) in [6.07, 6.45) is 4.37. The van der Waals surface area contributed by atoms with Gasteiger partial charge in [0.15, 0.2) is 5.03 Å². The van der Waals surface area contributed by atoms with Crippen molar-refractivity contribution in [3.05, 3.63) is 18.3 Å². The summed E-state index contributed by atoms with van der Waals surface area (Å²) in [4.78, 5) is 3.94. The standard InChI is InChI=1S/C12H21N3O2S/c1-4-5-7-10(2)15-18(16,17)12-11(13-3)8-6-9-14-12/h6,8-10,13,15H,4-5,7H2,1-3H3. The zero-order chi connectivity index (χ0) is 13.6. The first kappa shape index (κ1) is 14.9. The molecule has 0 fully saturated rings. The van der Waals surface area contributed by atoms with Crippen LogP contribution in [0.3, 0.4) is 0 Å². The number of unbranched alkanes of at least 4 members (excludes halogenated alkanes) is 1. The number of pyridine rings is 1. The molecule has 0 saturated carbocycles. The van der Waals surface area contributed by atoms with E-state index in [0.717, 1.165) is 19.3 Å². The van der Waals surface area contributed by atoms with Gasteiger partial charge in [-0.3, -0.25) is 0 Å². The monoisotopic (exact) mass is 271 g/mol. The van der Waals surface area contributed by atoms with Crippen molar-refractivity contribution in [3.8, 4) is 0 Å². The van der Waals surface area contributed by atoms with Gasteiger partial charge in [-0.1, -0.05) is 19.8 Å². The van der Waals surface area contributed by atoms with Gasteiger partial charge in [0.25, 0.3) is 10.0 Å². The van der Waals surface area contributed by atoms with Gasteiger partial charge in [-0.05, 0) is 25.5 Å². The third-order valence-corrected chi connectivity index (χ3v) is 4.19. The van der Waals surface area contributed by atoms with E-state index in [1.165, 1.54) is 6.20 Å². The van der Waals surface area contributed by atoms with Crippen LogP contribution in [-0.2, 0) is 10.0 Å². The zero-order valence-corrected chi connectivity index (χ0v) is 11.9. The summed E-state index contributed by atoms with van der Waals surface area (Å²) < 4.78 is 27.0. The Morgan fingerprint density at radius 3 is 2.78 bits per heavy atom.